The van der Waals surface area contributed by atoms with Crippen LogP contribution in [0.5, 0.6) is 11.5 Å². The molecule has 0 fully saturated rings. The number of aromatic nitrogens is 4. The van der Waals surface area contributed by atoms with Gasteiger partial charge in [-0.25, -0.2) is 4.79 Å². The van der Waals surface area contributed by atoms with Crippen molar-refractivity contribution in [3.63, 3.8) is 0 Å². The molecule has 3 heterocycles. The van der Waals surface area contributed by atoms with Crippen LogP contribution in [-0.4, -0.2) is 25.5 Å². The SMILES string of the molecule is Cn1c(NCc2ccc3c(c2)OCO3)nc2c1c(=O)n(Cc1ccccc1Cl)c(=O)n2C. The van der Waals surface area contributed by atoms with Crippen molar-refractivity contribution in [2.24, 2.45) is 14.1 Å². The van der Waals surface area contributed by atoms with Gasteiger partial charge in [0, 0.05) is 25.7 Å². The minimum Gasteiger partial charge on any atom is -0.454 e. The van der Waals surface area contributed by atoms with Gasteiger partial charge in [0.1, 0.15) is 0 Å². The average molecular weight is 454 g/mol. The number of hydrogen-bond acceptors (Lipinski definition) is 6. The number of ether oxygens (including phenoxy) is 2. The number of aryl methyl sites for hydroxylation is 2. The zero-order valence-corrected chi connectivity index (χ0v) is 18.2. The van der Waals surface area contributed by atoms with Crippen LogP contribution in [0.2, 0.25) is 5.02 Å². The molecule has 1 aliphatic rings. The summed E-state index contributed by atoms with van der Waals surface area (Å²) in [6, 6.07) is 12.8. The van der Waals surface area contributed by atoms with Gasteiger partial charge in [0.2, 0.25) is 12.7 Å². The second-order valence-electron chi connectivity index (χ2n) is 7.53. The Morgan fingerprint density at radius 1 is 1.06 bits per heavy atom. The highest BCUT2D eigenvalue weighted by Crippen LogP contribution is 2.32. The summed E-state index contributed by atoms with van der Waals surface area (Å²) in [6.07, 6.45) is 0. The maximum atomic E-state index is 13.2. The van der Waals surface area contributed by atoms with Gasteiger partial charge in [-0.05, 0) is 29.3 Å². The van der Waals surface area contributed by atoms with Gasteiger partial charge in [-0.1, -0.05) is 35.9 Å². The first kappa shape index (κ1) is 20.2. The van der Waals surface area contributed by atoms with Crippen LogP contribution in [0.3, 0.4) is 0 Å². The van der Waals surface area contributed by atoms with Gasteiger partial charge in [0.05, 0.1) is 6.54 Å². The molecular weight excluding hydrogens is 434 g/mol. The fraction of sp³-hybridized carbons (Fsp3) is 0.227. The second-order valence-corrected chi connectivity index (χ2v) is 7.94. The molecule has 9 nitrogen and oxygen atoms in total. The summed E-state index contributed by atoms with van der Waals surface area (Å²) in [4.78, 5) is 30.7. The number of halogens is 1. The topological polar surface area (TPSA) is 92.3 Å². The van der Waals surface area contributed by atoms with E-state index in [1.807, 2.05) is 24.3 Å². The lowest BCUT2D eigenvalue weighted by Gasteiger charge is -2.10. The molecule has 32 heavy (non-hydrogen) atoms. The van der Waals surface area contributed by atoms with E-state index >= 15 is 0 Å². The van der Waals surface area contributed by atoms with Gasteiger partial charge >= 0.3 is 5.69 Å². The quantitative estimate of drug-likeness (QED) is 0.499. The Balaban J connectivity index is 1.51. The number of anilines is 1. The summed E-state index contributed by atoms with van der Waals surface area (Å²) >= 11 is 6.24. The van der Waals surface area contributed by atoms with Crippen molar-refractivity contribution < 1.29 is 9.47 Å². The van der Waals surface area contributed by atoms with Crippen molar-refractivity contribution in [2.75, 3.05) is 12.1 Å². The van der Waals surface area contributed by atoms with E-state index in [0.29, 0.717) is 45.7 Å². The Morgan fingerprint density at radius 3 is 2.66 bits per heavy atom. The maximum Gasteiger partial charge on any atom is 0.332 e. The van der Waals surface area contributed by atoms with E-state index in [0.717, 1.165) is 5.56 Å². The van der Waals surface area contributed by atoms with E-state index in [9.17, 15) is 9.59 Å². The maximum absolute atomic E-state index is 13.2. The molecule has 4 aromatic rings. The number of rotatable bonds is 5. The molecule has 2 aromatic carbocycles. The summed E-state index contributed by atoms with van der Waals surface area (Å²) in [5.41, 5.74) is 1.41. The summed E-state index contributed by atoms with van der Waals surface area (Å²) in [5, 5.41) is 3.73. The molecule has 0 atom stereocenters. The molecule has 1 N–H and O–H groups in total. The Labute approximate surface area is 187 Å². The summed E-state index contributed by atoms with van der Waals surface area (Å²) in [7, 11) is 3.34. The van der Waals surface area contributed by atoms with Gasteiger partial charge in [-0.3, -0.25) is 13.9 Å². The Bertz CT molecular complexity index is 1470. The standard InChI is InChI=1S/C22H20ClN5O4/c1-26-18-19(25-21(26)24-10-13-7-8-16-17(9-13)32-12-31-16)27(2)22(30)28(20(18)29)11-14-5-3-4-6-15(14)23/h3-9H,10-12H2,1-2H3,(H,24,25). The van der Waals surface area contributed by atoms with Crippen molar-refractivity contribution in [3.05, 3.63) is 79.5 Å². The molecule has 0 bridgehead atoms. The van der Waals surface area contributed by atoms with E-state index in [4.69, 9.17) is 21.1 Å². The highest BCUT2D eigenvalue weighted by molar-refractivity contribution is 6.31. The van der Waals surface area contributed by atoms with Gasteiger partial charge in [-0.2, -0.15) is 4.98 Å². The van der Waals surface area contributed by atoms with Crippen molar-refractivity contribution in [1.82, 2.24) is 18.7 Å². The van der Waals surface area contributed by atoms with E-state index in [1.165, 1.54) is 9.13 Å². The monoisotopic (exact) mass is 453 g/mol. The first-order valence-corrected chi connectivity index (χ1v) is 10.3. The molecule has 1 aliphatic heterocycles. The number of fused-ring (bicyclic) bond motifs is 2. The van der Waals surface area contributed by atoms with Crippen LogP contribution >= 0.6 is 11.6 Å². The van der Waals surface area contributed by atoms with E-state index in [-0.39, 0.29) is 13.3 Å². The first-order valence-electron chi connectivity index (χ1n) is 9.96. The summed E-state index contributed by atoms with van der Waals surface area (Å²) in [6.45, 7) is 0.743. The van der Waals surface area contributed by atoms with E-state index in [2.05, 4.69) is 10.3 Å². The minimum atomic E-state index is -0.456. The van der Waals surface area contributed by atoms with Crippen LogP contribution in [0, 0.1) is 0 Å². The molecule has 0 radical (unpaired) electrons. The molecule has 2 aromatic heterocycles. The van der Waals surface area contributed by atoms with Gasteiger partial charge in [-0.15, -0.1) is 0 Å². The Kier molecular flexibility index (Phi) is 4.90. The zero-order chi connectivity index (χ0) is 22.4. The Hall–Kier alpha value is -3.72. The zero-order valence-electron chi connectivity index (χ0n) is 17.5. The third-order valence-electron chi connectivity index (χ3n) is 5.53. The molecular formula is C22H20ClN5O4. The molecule has 0 amide bonds. The minimum absolute atomic E-state index is 0.0757. The number of nitrogens with zero attached hydrogens (tertiary/aromatic N) is 4. The highest BCUT2D eigenvalue weighted by Gasteiger charge is 2.19. The number of nitrogens with one attached hydrogen (secondary N) is 1. The van der Waals surface area contributed by atoms with Crippen molar-refractivity contribution in [1.29, 1.82) is 0 Å². The predicted molar refractivity (Wildman–Crippen MR) is 121 cm³/mol. The molecule has 0 spiro atoms. The van der Waals surface area contributed by atoms with Crippen LogP contribution in [-0.2, 0) is 27.2 Å². The van der Waals surface area contributed by atoms with Gasteiger partial charge in [0.25, 0.3) is 5.56 Å². The number of imidazole rings is 1. The summed E-state index contributed by atoms with van der Waals surface area (Å²) < 4.78 is 15.0. The van der Waals surface area contributed by atoms with Crippen LogP contribution < -0.4 is 26.0 Å². The van der Waals surface area contributed by atoms with Crippen molar-refractivity contribution >= 4 is 28.7 Å². The molecule has 0 saturated heterocycles. The highest BCUT2D eigenvalue weighted by atomic mass is 35.5. The second kappa shape index (κ2) is 7.76. The first-order chi connectivity index (χ1) is 15.4. The van der Waals surface area contributed by atoms with Gasteiger partial charge < -0.3 is 19.4 Å². The largest absolute Gasteiger partial charge is 0.454 e. The Morgan fingerprint density at radius 2 is 1.84 bits per heavy atom. The molecule has 10 heteroatoms. The fourth-order valence-electron chi connectivity index (χ4n) is 3.77. The predicted octanol–water partition coefficient (Wildman–Crippen LogP) is 2.48. The lowest BCUT2D eigenvalue weighted by atomic mass is 10.2. The molecule has 0 saturated carbocycles. The summed E-state index contributed by atoms with van der Waals surface area (Å²) in [5.74, 6) is 1.88. The van der Waals surface area contributed by atoms with Crippen LogP contribution in [0.15, 0.2) is 52.1 Å². The smallest absolute Gasteiger partial charge is 0.332 e. The lowest BCUT2D eigenvalue weighted by molar-refractivity contribution is 0.174. The van der Waals surface area contributed by atoms with Crippen LogP contribution in [0.4, 0.5) is 5.95 Å². The normalized spacial score (nSPS) is 12.5. The molecule has 164 valence electrons. The molecule has 0 unspecified atom stereocenters. The number of benzene rings is 2. The van der Waals surface area contributed by atoms with Crippen LogP contribution in [0.25, 0.3) is 11.2 Å². The van der Waals surface area contributed by atoms with Gasteiger partial charge in [0.15, 0.2) is 22.7 Å². The lowest BCUT2D eigenvalue weighted by Crippen LogP contribution is -2.39. The number of hydrogen-bond donors (Lipinski definition) is 1. The average Bonchev–Trinajstić information content (AvgIpc) is 3.39. The molecule has 5 rings (SSSR count). The molecule has 0 aliphatic carbocycles. The van der Waals surface area contributed by atoms with E-state index < -0.39 is 11.2 Å². The fourth-order valence-corrected chi connectivity index (χ4v) is 3.97. The van der Waals surface area contributed by atoms with Crippen molar-refractivity contribution in [3.8, 4) is 11.5 Å². The van der Waals surface area contributed by atoms with Crippen LogP contribution in [0.1, 0.15) is 11.1 Å². The van der Waals surface area contributed by atoms with Crippen molar-refractivity contribution in [2.45, 2.75) is 13.1 Å². The third-order valence-corrected chi connectivity index (χ3v) is 5.90. The van der Waals surface area contributed by atoms with E-state index in [1.54, 1.807) is 36.9 Å². The third kappa shape index (κ3) is 3.31.